The predicted molar refractivity (Wildman–Crippen MR) is 61.6 cm³/mol. The lowest BCUT2D eigenvalue weighted by Crippen LogP contribution is -2.42. The summed E-state index contributed by atoms with van der Waals surface area (Å²) < 4.78 is 22.8. The van der Waals surface area contributed by atoms with Crippen molar-refractivity contribution >= 4 is 9.84 Å². The van der Waals surface area contributed by atoms with Crippen LogP contribution in [0.25, 0.3) is 0 Å². The van der Waals surface area contributed by atoms with Crippen molar-refractivity contribution in [3.8, 4) is 0 Å². The summed E-state index contributed by atoms with van der Waals surface area (Å²) in [5.41, 5.74) is 0. The van der Waals surface area contributed by atoms with E-state index in [4.69, 9.17) is 0 Å². The predicted octanol–water partition coefficient (Wildman–Crippen LogP) is 1.20. The molecule has 3 nitrogen and oxygen atoms in total. The summed E-state index contributed by atoms with van der Waals surface area (Å²) in [7, 11) is -2.75. The molecule has 0 amide bonds. The monoisotopic (exact) mass is 231 g/mol. The quantitative estimate of drug-likeness (QED) is 0.791. The zero-order valence-electron chi connectivity index (χ0n) is 9.41. The summed E-state index contributed by atoms with van der Waals surface area (Å²) in [6, 6.07) is 0.213. The second-order valence-corrected chi connectivity index (χ2v) is 7.41. The van der Waals surface area contributed by atoms with Gasteiger partial charge in [0.15, 0.2) is 9.84 Å². The molecule has 1 heterocycles. The van der Waals surface area contributed by atoms with Crippen molar-refractivity contribution in [3.63, 3.8) is 0 Å². The van der Waals surface area contributed by atoms with Gasteiger partial charge in [0.25, 0.3) is 0 Å². The van der Waals surface area contributed by atoms with Gasteiger partial charge in [-0.05, 0) is 44.1 Å². The van der Waals surface area contributed by atoms with Crippen LogP contribution < -0.4 is 5.32 Å². The number of hydrogen-bond donors (Lipinski definition) is 1. The van der Waals surface area contributed by atoms with Crippen molar-refractivity contribution in [1.29, 1.82) is 0 Å². The maximum Gasteiger partial charge on any atom is 0.151 e. The van der Waals surface area contributed by atoms with Crippen LogP contribution in [-0.2, 0) is 9.84 Å². The van der Waals surface area contributed by atoms with E-state index in [1.807, 2.05) is 0 Å². The Labute approximate surface area is 92.6 Å². The molecular weight excluding hydrogens is 210 g/mol. The van der Waals surface area contributed by atoms with Gasteiger partial charge in [0.1, 0.15) is 0 Å². The molecule has 1 aliphatic carbocycles. The summed E-state index contributed by atoms with van der Waals surface area (Å²) >= 11 is 0. The molecule has 1 saturated heterocycles. The van der Waals surface area contributed by atoms with E-state index in [1.54, 1.807) is 0 Å². The van der Waals surface area contributed by atoms with Crippen molar-refractivity contribution in [2.75, 3.05) is 18.1 Å². The first-order valence-corrected chi connectivity index (χ1v) is 7.83. The Balaban J connectivity index is 1.74. The van der Waals surface area contributed by atoms with Gasteiger partial charge in [0.05, 0.1) is 11.5 Å². The average molecular weight is 231 g/mol. The second-order valence-electron chi connectivity index (χ2n) is 5.18. The Morgan fingerprint density at radius 2 is 2.07 bits per heavy atom. The topological polar surface area (TPSA) is 46.2 Å². The zero-order valence-corrected chi connectivity index (χ0v) is 10.2. The lowest BCUT2D eigenvalue weighted by atomic mass is 10.1. The van der Waals surface area contributed by atoms with Crippen molar-refractivity contribution in [1.82, 2.24) is 5.32 Å². The SMILES string of the molecule is CC(CNC1CCCS(=O)(=O)C1)C1CC1. The molecule has 0 radical (unpaired) electrons. The summed E-state index contributed by atoms with van der Waals surface area (Å²) in [6.45, 7) is 3.26. The Morgan fingerprint density at radius 1 is 1.33 bits per heavy atom. The van der Waals surface area contributed by atoms with E-state index in [0.717, 1.165) is 31.2 Å². The summed E-state index contributed by atoms with van der Waals surface area (Å²) in [6.07, 6.45) is 4.59. The fourth-order valence-corrected chi connectivity index (χ4v) is 4.04. The molecule has 2 fully saturated rings. The molecule has 2 unspecified atom stereocenters. The Bertz CT molecular complexity index is 309. The van der Waals surface area contributed by atoms with Gasteiger partial charge in [0.2, 0.25) is 0 Å². The highest BCUT2D eigenvalue weighted by atomic mass is 32.2. The molecule has 2 atom stereocenters. The third kappa shape index (κ3) is 3.45. The maximum absolute atomic E-state index is 11.4. The minimum atomic E-state index is -2.75. The number of hydrogen-bond acceptors (Lipinski definition) is 3. The standard InChI is InChI=1S/C11H21NO2S/c1-9(10-4-5-10)7-12-11-3-2-6-15(13,14)8-11/h9-12H,2-8H2,1H3. The van der Waals surface area contributed by atoms with Crippen LogP contribution in [-0.4, -0.2) is 32.5 Å². The van der Waals surface area contributed by atoms with Gasteiger partial charge in [0, 0.05) is 6.04 Å². The van der Waals surface area contributed by atoms with Crippen LogP contribution in [0, 0.1) is 11.8 Å². The number of nitrogens with one attached hydrogen (secondary N) is 1. The van der Waals surface area contributed by atoms with E-state index in [0.29, 0.717) is 11.5 Å². The third-order valence-electron chi connectivity index (χ3n) is 3.62. The van der Waals surface area contributed by atoms with Crippen LogP contribution in [0.2, 0.25) is 0 Å². The lowest BCUT2D eigenvalue weighted by Gasteiger charge is -2.24. The molecule has 4 heteroatoms. The molecule has 0 aromatic carbocycles. The maximum atomic E-state index is 11.4. The zero-order chi connectivity index (χ0) is 10.9. The highest BCUT2D eigenvalue weighted by Crippen LogP contribution is 2.36. The molecule has 0 bridgehead atoms. The lowest BCUT2D eigenvalue weighted by molar-refractivity contribution is 0.407. The summed E-state index contributed by atoms with van der Waals surface area (Å²) in [4.78, 5) is 0. The smallest absolute Gasteiger partial charge is 0.151 e. The van der Waals surface area contributed by atoms with Crippen LogP contribution in [0.4, 0.5) is 0 Å². The minimum Gasteiger partial charge on any atom is -0.313 e. The number of rotatable bonds is 4. The van der Waals surface area contributed by atoms with E-state index >= 15 is 0 Å². The first-order valence-electron chi connectivity index (χ1n) is 6.00. The van der Waals surface area contributed by atoms with Gasteiger partial charge in [-0.15, -0.1) is 0 Å². The average Bonchev–Trinajstić information content (AvgIpc) is 2.95. The normalized spacial score (nSPS) is 32.5. The van der Waals surface area contributed by atoms with Gasteiger partial charge >= 0.3 is 0 Å². The Kier molecular flexibility index (Phi) is 3.36. The van der Waals surface area contributed by atoms with E-state index in [1.165, 1.54) is 12.8 Å². The van der Waals surface area contributed by atoms with Crippen molar-refractivity contribution < 1.29 is 8.42 Å². The van der Waals surface area contributed by atoms with Crippen molar-refractivity contribution in [2.45, 2.75) is 38.6 Å². The van der Waals surface area contributed by atoms with Crippen LogP contribution in [0.1, 0.15) is 32.6 Å². The van der Waals surface area contributed by atoms with Crippen LogP contribution >= 0.6 is 0 Å². The van der Waals surface area contributed by atoms with E-state index in [-0.39, 0.29) is 6.04 Å². The largest absolute Gasteiger partial charge is 0.313 e. The molecule has 88 valence electrons. The molecule has 2 rings (SSSR count). The minimum absolute atomic E-state index is 0.213. The molecule has 15 heavy (non-hydrogen) atoms. The van der Waals surface area contributed by atoms with Gasteiger partial charge in [-0.2, -0.15) is 0 Å². The van der Waals surface area contributed by atoms with Crippen LogP contribution in [0.5, 0.6) is 0 Å². The molecule has 0 spiro atoms. The molecule has 0 aromatic rings. The molecular formula is C11H21NO2S. The van der Waals surface area contributed by atoms with Crippen molar-refractivity contribution in [3.05, 3.63) is 0 Å². The Hall–Kier alpha value is -0.0900. The van der Waals surface area contributed by atoms with E-state index < -0.39 is 9.84 Å². The molecule has 2 aliphatic rings. The third-order valence-corrected chi connectivity index (χ3v) is 5.44. The molecule has 0 aromatic heterocycles. The second kappa shape index (κ2) is 4.42. The van der Waals surface area contributed by atoms with Crippen LogP contribution in [0.15, 0.2) is 0 Å². The first kappa shape index (κ1) is 11.4. The summed E-state index contributed by atoms with van der Waals surface area (Å²) in [5, 5.41) is 3.42. The van der Waals surface area contributed by atoms with Crippen LogP contribution in [0.3, 0.4) is 0 Å². The molecule has 1 N–H and O–H groups in total. The highest BCUT2D eigenvalue weighted by molar-refractivity contribution is 7.91. The molecule has 1 saturated carbocycles. The van der Waals surface area contributed by atoms with Gasteiger partial charge in [-0.25, -0.2) is 8.42 Å². The Morgan fingerprint density at radius 3 is 2.67 bits per heavy atom. The fraction of sp³-hybridized carbons (Fsp3) is 1.00. The van der Waals surface area contributed by atoms with E-state index in [2.05, 4.69) is 12.2 Å². The summed E-state index contributed by atoms with van der Waals surface area (Å²) in [5.74, 6) is 2.36. The van der Waals surface area contributed by atoms with Gasteiger partial charge in [-0.3, -0.25) is 0 Å². The first-order chi connectivity index (χ1) is 7.07. The van der Waals surface area contributed by atoms with Gasteiger partial charge in [-0.1, -0.05) is 6.92 Å². The molecule has 1 aliphatic heterocycles. The highest BCUT2D eigenvalue weighted by Gasteiger charge is 2.29. The van der Waals surface area contributed by atoms with Crippen molar-refractivity contribution in [2.24, 2.45) is 11.8 Å². The van der Waals surface area contributed by atoms with Gasteiger partial charge < -0.3 is 5.32 Å². The van der Waals surface area contributed by atoms with E-state index in [9.17, 15) is 8.42 Å². The fourth-order valence-electron chi connectivity index (χ4n) is 2.37. The number of sulfone groups is 1.